The molecule has 1 N–H and O–H groups in total. The van der Waals surface area contributed by atoms with Gasteiger partial charge in [-0.3, -0.25) is 0 Å². The van der Waals surface area contributed by atoms with Crippen LogP contribution in [0.25, 0.3) is 0 Å². The van der Waals surface area contributed by atoms with Crippen LogP contribution < -0.4 is 5.32 Å². The topological polar surface area (TPSA) is 41.6 Å². The van der Waals surface area contributed by atoms with Gasteiger partial charge in [0.25, 0.3) is 0 Å². The number of benzene rings is 1. The lowest BCUT2D eigenvalue weighted by molar-refractivity contribution is 0.0528. The first-order valence-corrected chi connectivity index (χ1v) is 9.93. The predicted octanol–water partition coefficient (Wildman–Crippen LogP) is 4.89. The lowest BCUT2D eigenvalue weighted by Gasteiger charge is -2.22. The van der Waals surface area contributed by atoms with Crippen molar-refractivity contribution in [3.05, 3.63) is 77.7 Å². The molecule has 0 spiro atoms. The molecule has 2 aromatic rings. The number of nitrogens with one attached hydrogen (secondary N) is 1. The van der Waals surface area contributed by atoms with E-state index in [1.165, 1.54) is 16.9 Å². The first-order chi connectivity index (χ1) is 13.1. The lowest BCUT2D eigenvalue weighted by atomic mass is 10.1. The maximum Gasteiger partial charge on any atom is 0.341 e. The van der Waals surface area contributed by atoms with Gasteiger partial charge in [0.1, 0.15) is 5.00 Å². The quantitative estimate of drug-likeness (QED) is 0.369. The van der Waals surface area contributed by atoms with Crippen LogP contribution in [-0.4, -0.2) is 35.7 Å². The summed E-state index contributed by atoms with van der Waals surface area (Å²) >= 11 is 7.02. The Hall–Kier alpha value is -2.44. The number of hydrogen-bond donors (Lipinski definition) is 1. The first kappa shape index (κ1) is 20.9. The average molecular weight is 401 g/mol. The van der Waals surface area contributed by atoms with Gasteiger partial charge in [0, 0.05) is 24.4 Å². The first-order valence-electron chi connectivity index (χ1n) is 8.70. The van der Waals surface area contributed by atoms with Crippen LogP contribution in [0.1, 0.15) is 27.7 Å². The van der Waals surface area contributed by atoms with Gasteiger partial charge in [-0.15, -0.1) is 24.5 Å². The van der Waals surface area contributed by atoms with Crippen molar-refractivity contribution in [2.24, 2.45) is 0 Å². The van der Waals surface area contributed by atoms with Crippen molar-refractivity contribution in [2.75, 3.05) is 25.0 Å². The second-order valence-corrected chi connectivity index (χ2v) is 7.27. The van der Waals surface area contributed by atoms with Crippen molar-refractivity contribution in [1.82, 2.24) is 4.90 Å². The highest BCUT2D eigenvalue weighted by molar-refractivity contribution is 7.80. The molecule has 0 aliphatic carbocycles. The van der Waals surface area contributed by atoms with Crippen LogP contribution in [0.15, 0.2) is 61.7 Å². The lowest BCUT2D eigenvalue weighted by Crippen LogP contribution is -2.35. The zero-order chi connectivity index (χ0) is 19.6. The van der Waals surface area contributed by atoms with Crippen LogP contribution in [-0.2, 0) is 11.2 Å². The van der Waals surface area contributed by atoms with Crippen molar-refractivity contribution >= 4 is 39.6 Å². The van der Waals surface area contributed by atoms with Gasteiger partial charge in [-0.1, -0.05) is 42.5 Å². The predicted molar refractivity (Wildman–Crippen MR) is 118 cm³/mol. The van der Waals surface area contributed by atoms with E-state index in [2.05, 4.69) is 30.6 Å². The smallest absolute Gasteiger partial charge is 0.341 e. The number of anilines is 1. The molecule has 2 rings (SSSR count). The third kappa shape index (κ3) is 6.05. The molecule has 1 aromatic heterocycles. The summed E-state index contributed by atoms with van der Waals surface area (Å²) in [5.74, 6) is -0.350. The largest absolute Gasteiger partial charge is 0.462 e. The number of carbonyl (C=O) groups excluding carboxylic acids is 1. The van der Waals surface area contributed by atoms with E-state index in [1.54, 1.807) is 19.1 Å². The van der Waals surface area contributed by atoms with Gasteiger partial charge < -0.3 is 15.0 Å². The van der Waals surface area contributed by atoms with Gasteiger partial charge in [0.2, 0.25) is 0 Å². The highest BCUT2D eigenvalue weighted by Crippen LogP contribution is 2.31. The molecule has 6 heteroatoms. The summed E-state index contributed by atoms with van der Waals surface area (Å²) in [6.07, 6.45) is 4.30. The highest BCUT2D eigenvalue weighted by Gasteiger charge is 2.19. The van der Waals surface area contributed by atoms with E-state index < -0.39 is 0 Å². The van der Waals surface area contributed by atoms with E-state index >= 15 is 0 Å². The van der Waals surface area contributed by atoms with Gasteiger partial charge in [-0.05, 0) is 30.8 Å². The van der Waals surface area contributed by atoms with Crippen LogP contribution in [0.3, 0.4) is 0 Å². The molecular formula is C21H24N2O2S2. The summed E-state index contributed by atoms with van der Waals surface area (Å²) in [7, 11) is 0. The molecule has 0 radical (unpaired) electrons. The van der Waals surface area contributed by atoms with Crippen molar-refractivity contribution < 1.29 is 9.53 Å². The normalized spacial score (nSPS) is 10.1. The second-order valence-electron chi connectivity index (χ2n) is 5.75. The Labute approximate surface area is 170 Å². The number of nitrogens with zero attached hydrogens (tertiary/aromatic N) is 1. The number of esters is 1. The van der Waals surface area contributed by atoms with Crippen LogP contribution in [0, 0.1) is 0 Å². The van der Waals surface area contributed by atoms with E-state index in [1.807, 2.05) is 29.2 Å². The second kappa shape index (κ2) is 10.6. The minimum atomic E-state index is -0.350. The summed E-state index contributed by atoms with van der Waals surface area (Å²) in [5.41, 5.74) is 1.69. The third-order valence-corrected chi connectivity index (χ3v) is 5.12. The van der Waals surface area contributed by atoms with E-state index in [-0.39, 0.29) is 5.97 Å². The molecule has 1 heterocycles. The molecule has 0 amide bonds. The van der Waals surface area contributed by atoms with Crippen molar-refractivity contribution in [3.8, 4) is 0 Å². The maximum absolute atomic E-state index is 12.4. The Balaban J connectivity index is 2.26. The summed E-state index contributed by atoms with van der Waals surface area (Å²) < 4.78 is 5.21. The fourth-order valence-corrected chi connectivity index (χ4v) is 3.90. The Kier molecular flexibility index (Phi) is 8.23. The standard InChI is InChI=1S/C21H24N2O2S2/c1-4-12-23(13-5-2)21(26)22-19-18(20(24)25-6-3)15-17(27-19)14-16-10-8-7-9-11-16/h4-5,7-11,15H,1-2,6,12-14H2,3H3,(H,22,26). The molecule has 0 saturated heterocycles. The number of thiocarbonyl (C=S) groups is 1. The molecule has 0 fully saturated rings. The monoisotopic (exact) mass is 400 g/mol. The Morgan fingerprint density at radius 3 is 2.52 bits per heavy atom. The number of ether oxygens (including phenoxy) is 1. The molecule has 0 unspecified atom stereocenters. The van der Waals surface area contributed by atoms with E-state index in [0.29, 0.717) is 35.4 Å². The Morgan fingerprint density at radius 2 is 1.93 bits per heavy atom. The molecule has 4 nitrogen and oxygen atoms in total. The van der Waals surface area contributed by atoms with Crippen molar-refractivity contribution in [1.29, 1.82) is 0 Å². The molecular weight excluding hydrogens is 376 g/mol. The fourth-order valence-electron chi connectivity index (χ4n) is 2.51. The van der Waals surface area contributed by atoms with Crippen LogP contribution >= 0.6 is 23.6 Å². The SMILES string of the molecule is C=CCN(CC=C)C(=S)Nc1sc(Cc2ccccc2)cc1C(=O)OCC. The molecule has 0 aliphatic rings. The molecule has 142 valence electrons. The minimum Gasteiger partial charge on any atom is -0.462 e. The van der Waals surface area contributed by atoms with E-state index in [4.69, 9.17) is 17.0 Å². The van der Waals surface area contributed by atoms with Crippen LogP contribution in [0.4, 0.5) is 5.00 Å². The molecule has 1 aromatic carbocycles. The Bertz CT molecular complexity index is 790. The highest BCUT2D eigenvalue weighted by atomic mass is 32.1. The zero-order valence-electron chi connectivity index (χ0n) is 15.4. The van der Waals surface area contributed by atoms with Gasteiger partial charge >= 0.3 is 5.97 Å². The fraction of sp³-hybridized carbons (Fsp3) is 0.238. The van der Waals surface area contributed by atoms with Gasteiger partial charge in [0.15, 0.2) is 5.11 Å². The van der Waals surface area contributed by atoms with Crippen LogP contribution in [0.5, 0.6) is 0 Å². The van der Waals surface area contributed by atoms with Crippen LogP contribution in [0.2, 0.25) is 0 Å². The van der Waals surface area contributed by atoms with Gasteiger partial charge in [-0.25, -0.2) is 4.79 Å². The Morgan fingerprint density at radius 1 is 1.26 bits per heavy atom. The third-order valence-electron chi connectivity index (χ3n) is 3.71. The molecule has 0 aliphatic heterocycles. The zero-order valence-corrected chi connectivity index (χ0v) is 17.1. The number of rotatable bonds is 9. The van der Waals surface area contributed by atoms with Crippen molar-refractivity contribution in [2.45, 2.75) is 13.3 Å². The van der Waals surface area contributed by atoms with Crippen molar-refractivity contribution in [3.63, 3.8) is 0 Å². The number of carbonyl (C=O) groups is 1. The summed E-state index contributed by atoms with van der Waals surface area (Å²) in [6.45, 7) is 10.8. The molecule has 0 atom stereocenters. The maximum atomic E-state index is 12.4. The minimum absolute atomic E-state index is 0.325. The summed E-state index contributed by atoms with van der Waals surface area (Å²) in [6, 6.07) is 12.0. The average Bonchev–Trinajstić information content (AvgIpc) is 3.04. The number of thiophene rings is 1. The van der Waals surface area contributed by atoms with E-state index in [0.717, 1.165) is 11.3 Å². The summed E-state index contributed by atoms with van der Waals surface area (Å²) in [5, 5.41) is 4.42. The van der Waals surface area contributed by atoms with Gasteiger partial charge in [-0.2, -0.15) is 0 Å². The number of hydrogen-bond acceptors (Lipinski definition) is 4. The van der Waals surface area contributed by atoms with E-state index in [9.17, 15) is 4.79 Å². The molecule has 27 heavy (non-hydrogen) atoms. The molecule has 0 saturated carbocycles. The van der Waals surface area contributed by atoms with Gasteiger partial charge in [0.05, 0.1) is 12.2 Å². The molecule has 0 bridgehead atoms. The summed E-state index contributed by atoms with van der Waals surface area (Å²) in [4.78, 5) is 15.4.